The van der Waals surface area contributed by atoms with E-state index >= 15 is 0 Å². The van der Waals surface area contributed by atoms with Crippen molar-refractivity contribution in [2.24, 2.45) is 5.92 Å². The van der Waals surface area contributed by atoms with Gasteiger partial charge in [0.05, 0.1) is 30.1 Å². The summed E-state index contributed by atoms with van der Waals surface area (Å²) in [6.45, 7) is 1.86. The fourth-order valence-electron chi connectivity index (χ4n) is 7.95. The minimum atomic E-state index is -3.91. The zero-order valence-electron chi connectivity index (χ0n) is 31.3. The molecule has 0 radical (unpaired) electrons. The lowest BCUT2D eigenvalue weighted by Gasteiger charge is -2.29. The number of hydrogen-bond acceptors (Lipinski definition) is 11. The minimum Gasteiger partial charge on any atom is -0.496 e. The fourth-order valence-corrected chi connectivity index (χ4v) is 10.2. The minimum absolute atomic E-state index is 0.0211. The highest BCUT2D eigenvalue weighted by molar-refractivity contribution is 7.91. The molecular weight excluding hydrogens is 761 g/mol. The van der Waals surface area contributed by atoms with Gasteiger partial charge in [0, 0.05) is 40.7 Å². The number of carbonyl (C=O) groups is 4. The average molecular weight is 807 g/mol. The van der Waals surface area contributed by atoms with Gasteiger partial charge in [-0.3, -0.25) is 19.1 Å². The van der Waals surface area contributed by atoms with E-state index in [0.29, 0.717) is 59.7 Å². The number of nitrogens with one attached hydrogen (secondary N) is 3. The van der Waals surface area contributed by atoms with E-state index in [0.717, 1.165) is 41.9 Å². The molecule has 15 nitrogen and oxygen atoms in total. The highest BCUT2D eigenvalue weighted by Gasteiger charge is 2.62. The number of nitrogens with zero attached hydrogens (tertiary/aromatic N) is 3. The van der Waals surface area contributed by atoms with Crippen molar-refractivity contribution in [2.75, 3.05) is 13.7 Å². The van der Waals surface area contributed by atoms with Crippen molar-refractivity contribution < 1.29 is 42.2 Å². The second-order valence-electron chi connectivity index (χ2n) is 15.6. The highest BCUT2D eigenvalue weighted by atomic mass is 32.2. The molecule has 3 aromatic rings. The number of allylic oxidation sites excluding steroid dienone is 1. The third-order valence-corrected chi connectivity index (χ3v) is 14.2. The number of thiazole rings is 1. The number of rotatable bonds is 9. The number of aryl methyl sites for hydroxylation is 1. The molecule has 4 N–H and O–H groups in total. The summed E-state index contributed by atoms with van der Waals surface area (Å²) < 4.78 is 40.3. The second-order valence-corrected chi connectivity index (χ2v) is 18.5. The lowest BCUT2D eigenvalue weighted by atomic mass is 10.1. The SMILES string of the molecule is COc1ccc2c(O[C@@H]3C[C@H]4C(=O)N[C@]5(C(=O)NS(=O)(=O)C6CC6)C[C@H]5/C=C\CCCCC[C@H](NC(=O)O)C(=O)N4C3)cc(-c3nc(C4CC4)cs3)nc2c1C. The zero-order chi connectivity index (χ0) is 39.4. The van der Waals surface area contributed by atoms with E-state index in [-0.39, 0.29) is 25.8 Å². The Morgan fingerprint density at radius 1 is 1.07 bits per heavy atom. The third-order valence-electron chi connectivity index (χ3n) is 11.5. The molecule has 8 rings (SSSR count). The molecule has 4 fully saturated rings. The number of carbonyl (C=O) groups excluding carboxylic acids is 3. The van der Waals surface area contributed by atoms with E-state index < -0.39 is 68.7 Å². The first-order chi connectivity index (χ1) is 26.9. The zero-order valence-corrected chi connectivity index (χ0v) is 32.9. The maximum Gasteiger partial charge on any atom is 0.405 e. The Bertz CT molecular complexity index is 2220. The fraction of sp³-hybridized carbons (Fsp3) is 0.538. The van der Waals surface area contributed by atoms with Gasteiger partial charge in [-0.05, 0) is 70.4 Å². The van der Waals surface area contributed by atoms with Gasteiger partial charge >= 0.3 is 6.09 Å². The van der Waals surface area contributed by atoms with Gasteiger partial charge in [-0.15, -0.1) is 11.3 Å². The largest absolute Gasteiger partial charge is 0.496 e. The number of pyridine rings is 1. The van der Waals surface area contributed by atoms with Gasteiger partial charge in [0.2, 0.25) is 21.8 Å². The molecule has 17 heteroatoms. The molecule has 3 saturated carbocycles. The first-order valence-corrected chi connectivity index (χ1v) is 21.7. The number of fused-ring (bicyclic) bond motifs is 3. The molecule has 4 heterocycles. The Labute approximate surface area is 328 Å². The van der Waals surface area contributed by atoms with Gasteiger partial charge in [-0.1, -0.05) is 25.0 Å². The van der Waals surface area contributed by atoms with Crippen molar-refractivity contribution in [3.63, 3.8) is 0 Å². The number of sulfonamides is 1. The third kappa shape index (κ3) is 7.66. The molecule has 298 valence electrons. The van der Waals surface area contributed by atoms with E-state index in [1.807, 2.05) is 37.3 Å². The number of amides is 4. The topological polar surface area (TPSA) is 206 Å². The van der Waals surface area contributed by atoms with E-state index in [4.69, 9.17) is 19.4 Å². The summed E-state index contributed by atoms with van der Waals surface area (Å²) in [5.41, 5.74) is 1.56. The Balaban J connectivity index is 1.13. The summed E-state index contributed by atoms with van der Waals surface area (Å²) in [5.74, 6) is -0.913. The number of hydrogen-bond donors (Lipinski definition) is 4. The van der Waals surface area contributed by atoms with Gasteiger partial charge in [-0.25, -0.2) is 23.2 Å². The van der Waals surface area contributed by atoms with Crippen LogP contribution in [0.1, 0.15) is 87.8 Å². The molecule has 0 bridgehead atoms. The highest BCUT2D eigenvalue weighted by Crippen LogP contribution is 2.47. The van der Waals surface area contributed by atoms with Crippen LogP contribution in [0, 0.1) is 12.8 Å². The smallest absolute Gasteiger partial charge is 0.405 e. The number of benzene rings is 1. The quantitative estimate of drug-likeness (QED) is 0.221. The molecule has 1 saturated heterocycles. The van der Waals surface area contributed by atoms with Crippen molar-refractivity contribution in [3.8, 4) is 22.2 Å². The van der Waals surface area contributed by atoms with Gasteiger partial charge in [-0.2, -0.15) is 0 Å². The van der Waals surface area contributed by atoms with Gasteiger partial charge in [0.15, 0.2) is 0 Å². The van der Waals surface area contributed by atoms with Crippen molar-refractivity contribution >= 4 is 56.1 Å². The lowest BCUT2D eigenvalue weighted by Crippen LogP contribution is -2.58. The molecule has 3 aliphatic carbocycles. The lowest BCUT2D eigenvalue weighted by molar-refractivity contribution is -0.141. The van der Waals surface area contributed by atoms with Crippen molar-refractivity contribution in [1.82, 2.24) is 30.2 Å². The van der Waals surface area contributed by atoms with Crippen LogP contribution in [0.3, 0.4) is 0 Å². The molecule has 0 unspecified atom stereocenters. The normalized spacial score (nSPS) is 27.6. The van der Waals surface area contributed by atoms with Crippen molar-refractivity contribution in [1.29, 1.82) is 0 Å². The average Bonchev–Trinajstić information content (AvgIpc) is 4.11. The molecule has 56 heavy (non-hydrogen) atoms. The molecule has 0 spiro atoms. The van der Waals surface area contributed by atoms with Crippen LogP contribution in [0.5, 0.6) is 11.5 Å². The van der Waals surface area contributed by atoms with Crippen LogP contribution in [0.25, 0.3) is 21.6 Å². The van der Waals surface area contributed by atoms with Crippen LogP contribution in [-0.2, 0) is 24.4 Å². The van der Waals surface area contributed by atoms with E-state index in [2.05, 4.69) is 20.7 Å². The van der Waals surface area contributed by atoms with Crippen LogP contribution in [0.2, 0.25) is 0 Å². The summed E-state index contributed by atoms with van der Waals surface area (Å²) in [7, 11) is -2.32. The van der Waals surface area contributed by atoms with E-state index in [1.54, 1.807) is 7.11 Å². The van der Waals surface area contributed by atoms with Crippen LogP contribution in [-0.4, -0.2) is 94.8 Å². The van der Waals surface area contributed by atoms with E-state index in [1.165, 1.54) is 16.2 Å². The standard InChI is InChI=1S/C39H46N6O9S2/c1-21-31(53-2)15-14-26-32(17-28(40-33(21)26)35-41-29(20-55-35)22-10-11-22)54-24-16-30-34(46)43-39(37(48)44-56(51,52)25-12-13-25)18-23(39)8-6-4-3-5-7-9-27(42-38(49)50)36(47)45(30)19-24/h6,8,14-15,17,20,22-25,27,30,42H,3-5,7,9-13,16,18-19H2,1-2H3,(H,43,46)(H,44,48)(H,49,50)/b8-6-/t23-,24-,27+,30+,39-/m1/s1. The molecular formula is C39H46N6O9S2. The summed E-state index contributed by atoms with van der Waals surface area (Å²) in [6, 6.07) is 3.22. The first kappa shape index (κ1) is 38.1. The van der Waals surface area contributed by atoms with Crippen LogP contribution >= 0.6 is 11.3 Å². The maximum absolute atomic E-state index is 14.4. The van der Waals surface area contributed by atoms with Crippen LogP contribution in [0.15, 0.2) is 35.7 Å². The molecule has 5 aliphatic rings. The Morgan fingerprint density at radius 2 is 1.88 bits per heavy atom. The molecule has 2 aliphatic heterocycles. The molecule has 4 amide bonds. The summed E-state index contributed by atoms with van der Waals surface area (Å²) in [6.07, 6.45) is 7.99. The molecule has 1 aromatic carbocycles. The maximum atomic E-state index is 14.4. The summed E-state index contributed by atoms with van der Waals surface area (Å²) >= 11 is 1.50. The van der Waals surface area contributed by atoms with Gasteiger partial charge < -0.3 is 30.1 Å². The summed E-state index contributed by atoms with van der Waals surface area (Å²) in [4.78, 5) is 65.6. The van der Waals surface area contributed by atoms with Crippen LogP contribution < -0.4 is 24.8 Å². The molecule has 2 aromatic heterocycles. The predicted molar refractivity (Wildman–Crippen MR) is 207 cm³/mol. The van der Waals surface area contributed by atoms with Crippen LogP contribution in [0.4, 0.5) is 4.79 Å². The number of ether oxygens (including phenoxy) is 2. The van der Waals surface area contributed by atoms with E-state index in [9.17, 15) is 32.7 Å². The monoisotopic (exact) mass is 806 g/mol. The van der Waals surface area contributed by atoms with Gasteiger partial charge in [0.1, 0.15) is 45.9 Å². The van der Waals surface area contributed by atoms with Crippen molar-refractivity contribution in [2.45, 2.75) is 112 Å². The second kappa shape index (κ2) is 15.0. The van der Waals surface area contributed by atoms with Gasteiger partial charge in [0.25, 0.3) is 5.91 Å². The van der Waals surface area contributed by atoms with Crippen molar-refractivity contribution in [3.05, 3.63) is 47.0 Å². The Morgan fingerprint density at radius 3 is 2.61 bits per heavy atom. The number of carboxylic acid groups (broad SMARTS) is 1. The Hall–Kier alpha value is -4.77. The number of methoxy groups -OCH3 is 1. The molecule has 5 atom stereocenters. The Kier molecular flexibility index (Phi) is 10.2. The predicted octanol–water partition coefficient (Wildman–Crippen LogP) is 4.54. The number of aromatic nitrogens is 2. The first-order valence-electron chi connectivity index (χ1n) is 19.3. The summed E-state index contributed by atoms with van der Waals surface area (Å²) in [5, 5.41) is 17.8.